The summed E-state index contributed by atoms with van der Waals surface area (Å²) in [4.78, 5) is 6.99. The summed E-state index contributed by atoms with van der Waals surface area (Å²) in [7, 11) is 0. The molecule has 2 aromatic rings. The van der Waals surface area contributed by atoms with Gasteiger partial charge in [0.2, 0.25) is 0 Å². The SMILES string of the molecule is OCCCC1CCCN1Cc1cnc2ccc(Br)cn12. The molecule has 20 heavy (non-hydrogen) atoms. The molecule has 1 aliphatic heterocycles. The van der Waals surface area contributed by atoms with Gasteiger partial charge in [-0.3, -0.25) is 4.90 Å². The van der Waals surface area contributed by atoms with Crippen LogP contribution in [0.25, 0.3) is 5.65 Å². The van der Waals surface area contributed by atoms with Crippen molar-refractivity contribution in [3.8, 4) is 0 Å². The molecule has 0 radical (unpaired) electrons. The van der Waals surface area contributed by atoms with E-state index in [4.69, 9.17) is 5.11 Å². The van der Waals surface area contributed by atoms with Gasteiger partial charge in [0, 0.05) is 29.9 Å². The zero-order valence-corrected chi connectivity index (χ0v) is 13.1. The van der Waals surface area contributed by atoms with Crippen LogP contribution in [0.1, 0.15) is 31.4 Å². The van der Waals surface area contributed by atoms with E-state index in [1.807, 2.05) is 18.3 Å². The van der Waals surface area contributed by atoms with Gasteiger partial charge in [-0.1, -0.05) is 0 Å². The predicted molar refractivity (Wildman–Crippen MR) is 82.6 cm³/mol. The van der Waals surface area contributed by atoms with Crippen molar-refractivity contribution in [1.29, 1.82) is 0 Å². The molecule has 1 atom stereocenters. The number of hydrogen-bond donors (Lipinski definition) is 1. The van der Waals surface area contributed by atoms with E-state index in [9.17, 15) is 0 Å². The van der Waals surface area contributed by atoms with E-state index < -0.39 is 0 Å². The molecular formula is C15H20BrN3O. The summed E-state index contributed by atoms with van der Waals surface area (Å²) in [5.74, 6) is 0. The highest BCUT2D eigenvalue weighted by Crippen LogP contribution is 2.24. The van der Waals surface area contributed by atoms with Gasteiger partial charge in [0.25, 0.3) is 0 Å². The Morgan fingerprint density at radius 1 is 1.40 bits per heavy atom. The third-order valence-electron chi connectivity index (χ3n) is 4.11. The highest BCUT2D eigenvalue weighted by Gasteiger charge is 2.24. The summed E-state index contributed by atoms with van der Waals surface area (Å²) in [6, 6.07) is 4.66. The van der Waals surface area contributed by atoms with Gasteiger partial charge < -0.3 is 9.51 Å². The van der Waals surface area contributed by atoms with Gasteiger partial charge in [-0.15, -0.1) is 0 Å². The van der Waals surface area contributed by atoms with Crippen LogP contribution >= 0.6 is 15.9 Å². The van der Waals surface area contributed by atoms with E-state index in [0.29, 0.717) is 12.6 Å². The zero-order chi connectivity index (χ0) is 13.9. The maximum absolute atomic E-state index is 9.00. The van der Waals surface area contributed by atoms with Crippen molar-refractivity contribution in [1.82, 2.24) is 14.3 Å². The Kier molecular flexibility index (Phi) is 4.38. The minimum absolute atomic E-state index is 0.299. The number of nitrogens with zero attached hydrogens (tertiary/aromatic N) is 3. The first-order chi connectivity index (χ1) is 9.78. The zero-order valence-electron chi connectivity index (χ0n) is 11.5. The van der Waals surface area contributed by atoms with Gasteiger partial charge in [-0.05, 0) is 60.3 Å². The molecule has 0 bridgehead atoms. The molecule has 1 fully saturated rings. The quantitative estimate of drug-likeness (QED) is 0.911. The largest absolute Gasteiger partial charge is 0.396 e. The molecule has 5 heteroatoms. The van der Waals surface area contributed by atoms with Crippen molar-refractivity contribution < 1.29 is 5.11 Å². The minimum atomic E-state index is 0.299. The van der Waals surface area contributed by atoms with Crippen molar-refractivity contribution in [3.05, 3.63) is 34.7 Å². The van der Waals surface area contributed by atoms with E-state index in [1.165, 1.54) is 18.5 Å². The average molecular weight is 338 g/mol. The van der Waals surface area contributed by atoms with Crippen molar-refractivity contribution in [2.75, 3.05) is 13.2 Å². The number of halogens is 1. The van der Waals surface area contributed by atoms with Crippen LogP contribution in [0.3, 0.4) is 0 Å². The molecule has 0 saturated carbocycles. The smallest absolute Gasteiger partial charge is 0.136 e. The molecule has 4 nitrogen and oxygen atoms in total. The topological polar surface area (TPSA) is 40.8 Å². The van der Waals surface area contributed by atoms with E-state index in [2.05, 4.69) is 36.4 Å². The predicted octanol–water partition coefficient (Wildman–Crippen LogP) is 2.83. The average Bonchev–Trinajstić information content (AvgIpc) is 3.04. The molecule has 108 valence electrons. The number of aliphatic hydroxyl groups is 1. The second kappa shape index (κ2) is 6.24. The fourth-order valence-electron chi connectivity index (χ4n) is 3.09. The number of pyridine rings is 1. The van der Waals surface area contributed by atoms with E-state index in [1.54, 1.807) is 0 Å². The normalized spacial score (nSPS) is 20.0. The molecule has 1 saturated heterocycles. The first-order valence-electron chi connectivity index (χ1n) is 7.24. The number of likely N-dealkylation sites (tertiary alicyclic amines) is 1. The van der Waals surface area contributed by atoms with Gasteiger partial charge in [-0.25, -0.2) is 4.98 Å². The molecule has 2 aromatic heterocycles. The number of hydrogen-bond acceptors (Lipinski definition) is 3. The number of imidazole rings is 1. The van der Waals surface area contributed by atoms with Crippen LogP contribution < -0.4 is 0 Å². The summed E-state index contributed by atoms with van der Waals surface area (Å²) in [6.07, 6.45) is 8.56. The summed E-state index contributed by atoms with van der Waals surface area (Å²) in [6.45, 7) is 2.39. The van der Waals surface area contributed by atoms with E-state index >= 15 is 0 Å². The second-order valence-electron chi connectivity index (χ2n) is 5.46. The Bertz CT molecular complexity index is 584. The van der Waals surface area contributed by atoms with Crippen molar-refractivity contribution in [2.24, 2.45) is 0 Å². The summed E-state index contributed by atoms with van der Waals surface area (Å²) in [5, 5.41) is 9.00. The highest BCUT2D eigenvalue weighted by atomic mass is 79.9. The third-order valence-corrected chi connectivity index (χ3v) is 4.57. The maximum Gasteiger partial charge on any atom is 0.136 e. The van der Waals surface area contributed by atoms with Crippen LogP contribution in [0.5, 0.6) is 0 Å². The third kappa shape index (κ3) is 2.90. The van der Waals surface area contributed by atoms with E-state index in [0.717, 1.165) is 36.1 Å². The monoisotopic (exact) mass is 337 g/mol. The molecule has 0 aliphatic carbocycles. The van der Waals surface area contributed by atoms with Gasteiger partial charge in [0.1, 0.15) is 5.65 Å². The first kappa shape index (κ1) is 14.0. The Morgan fingerprint density at radius 3 is 3.15 bits per heavy atom. The van der Waals surface area contributed by atoms with Crippen molar-refractivity contribution >= 4 is 21.6 Å². The Labute approximate surface area is 127 Å². The molecule has 3 rings (SSSR count). The molecule has 0 spiro atoms. The van der Waals surface area contributed by atoms with Crippen molar-refractivity contribution in [2.45, 2.75) is 38.3 Å². The van der Waals surface area contributed by atoms with E-state index in [-0.39, 0.29) is 0 Å². The Morgan fingerprint density at radius 2 is 2.30 bits per heavy atom. The number of aromatic nitrogens is 2. The summed E-state index contributed by atoms with van der Waals surface area (Å²) < 4.78 is 3.23. The Balaban J connectivity index is 1.76. The summed E-state index contributed by atoms with van der Waals surface area (Å²) in [5.41, 5.74) is 2.23. The van der Waals surface area contributed by atoms with Gasteiger partial charge in [0.05, 0.1) is 11.9 Å². The van der Waals surface area contributed by atoms with Crippen LogP contribution in [0, 0.1) is 0 Å². The van der Waals surface area contributed by atoms with Crippen molar-refractivity contribution in [3.63, 3.8) is 0 Å². The molecule has 1 N–H and O–H groups in total. The lowest BCUT2D eigenvalue weighted by Crippen LogP contribution is -2.29. The summed E-state index contributed by atoms with van der Waals surface area (Å²) >= 11 is 3.52. The van der Waals surface area contributed by atoms with Crippen LogP contribution in [-0.2, 0) is 6.54 Å². The fraction of sp³-hybridized carbons (Fsp3) is 0.533. The number of fused-ring (bicyclic) bond motifs is 1. The van der Waals surface area contributed by atoms with Gasteiger partial charge in [-0.2, -0.15) is 0 Å². The molecule has 1 unspecified atom stereocenters. The lowest BCUT2D eigenvalue weighted by atomic mass is 10.1. The number of aliphatic hydroxyl groups excluding tert-OH is 1. The molecule has 1 aliphatic rings. The van der Waals surface area contributed by atoms with Crippen LogP contribution in [0.4, 0.5) is 0 Å². The molecule has 0 aromatic carbocycles. The first-order valence-corrected chi connectivity index (χ1v) is 8.03. The lowest BCUT2D eigenvalue weighted by molar-refractivity contribution is 0.208. The Hall–Kier alpha value is -0.910. The van der Waals surface area contributed by atoms with Gasteiger partial charge >= 0.3 is 0 Å². The standard InChI is InChI=1S/C15H20BrN3O/c16-12-5-6-15-17-9-14(19(15)10-12)11-18-7-1-3-13(18)4-2-8-20/h5-6,9-10,13,20H,1-4,7-8,11H2. The molecular weight excluding hydrogens is 318 g/mol. The highest BCUT2D eigenvalue weighted by molar-refractivity contribution is 9.10. The maximum atomic E-state index is 9.00. The fourth-order valence-corrected chi connectivity index (χ4v) is 3.42. The van der Waals surface area contributed by atoms with Gasteiger partial charge in [0.15, 0.2) is 0 Å². The van der Waals surface area contributed by atoms with Crippen LogP contribution in [0.15, 0.2) is 29.0 Å². The molecule has 3 heterocycles. The number of rotatable bonds is 5. The lowest BCUT2D eigenvalue weighted by Gasteiger charge is -2.23. The molecule has 0 amide bonds. The van der Waals surface area contributed by atoms with Crippen LogP contribution in [0.2, 0.25) is 0 Å². The van der Waals surface area contributed by atoms with Crippen LogP contribution in [-0.4, -0.2) is 38.6 Å². The second-order valence-corrected chi connectivity index (χ2v) is 6.37. The minimum Gasteiger partial charge on any atom is -0.396 e.